The van der Waals surface area contributed by atoms with E-state index in [9.17, 15) is 43.2 Å². The summed E-state index contributed by atoms with van der Waals surface area (Å²) in [5.74, 6) is -1.38. The summed E-state index contributed by atoms with van der Waals surface area (Å²) in [6, 6.07) is 0. The molecule has 0 amide bonds. The van der Waals surface area contributed by atoms with E-state index in [0.717, 1.165) is 109 Å². The van der Waals surface area contributed by atoms with Gasteiger partial charge in [0.25, 0.3) is 0 Å². The number of unbranched alkanes of at least 4 members (excludes halogenated alkanes) is 36. The lowest BCUT2D eigenvalue weighted by Crippen LogP contribution is -2.30. The first-order valence-electron chi connectivity index (χ1n) is 33.6. The molecule has 492 valence electrons. The molecule has 0 saturated carbocycles. The number of rotatable bonds is 64. The van der Waals surface area contributed by atoms with Gasteiger partial charge in [0.05, 0.1) is 26.4 Å². The molecule has 0 aliphatic carbocycles. The quantitative estimate of drug-likeness (QED) is 0.0222. The fourth-order valence-electron chi connectivity index (χ4n) is 9.58. The first-order valence-corrected chi connectivity index (χ1v) is 36.6. The van der Waals surface area contributed by atoms with Crippen LogP contribution in [0.3, 0.4) is 0 Å². The third kappa shape index (κ3) is 58.8. The SMILES string of the molecule is CCCCCCCCCCCCCCC(=O)OC[C@H](COP(=O)(O)OC[C@@H](O)COP(=O)(O)OC[C@@H](COC(=O)CCCCCCCCC)OC(=O)CCCCCCCCCCCCC)OC(=O)CCCCCCCCCCCCC(C)C. The fourth-order valence-corrected chi connectivity index (χ4v) is 11.2. The summed E-state index contributed by atoms with van der Waals surface area (Å²) in [4.78, 5) is 72.1. The van der Waals surface area contributed by atoms with Crippen LogP contribution in [0.4, 0.5) is 0 Å². The van der Waals surface area contributed by atoms with Crippen molar-refractivity contribution in [1.82, 2.24) is 0 Å². The Morgan fingerprint density at radius 2 is 0.554 bits per heavy atom. The fraction of sp³-hybridized carbons (Fsp3) is 0.938. The van der Waals surface area contributed by atoms with Crippen LogP contribution in [0, 0.1) is 5.92 Å². The number of carbonyl (C=O) groups is 4. The van der Waals surface area contributed by atoms with Gasteiger partial charge in [-0.15, -0.1) is 0 Å². The van der Waals surface area contributed by atoms with Crippen LogP contribution in [0.5, 0.6) is 0 Å². The zero-order valence-electron chi connectivity index (χ0n) is 53.3. The topological polar surface area (TPSA) is 237 Å². The lowest BCUT2D eigenvalue weighted by molar-refractivity contribution is -0.161. The van der Waals surface area contributed by atoms with Crippen molar-refractivity contribution in [3.8, 4) is 0 Å². The average molecular weight is 1230 g/mol. The molecule has 2 unspecified atom stereocenters. The van der Waals surface area contributed by atoms with Crippen molar-refractivity contribution in [3.63, 3.8) is 0 Å². The molecule has 0 saturated heterocycles. The van der Waals surface area contributed by atoms with Crippen molar-refractivity contribution >= 4 is 39.5 Å². The van der Waals surface area contributed by atoms with Gasteiger partial charge in [-0.1, -0.05) is 272 Å². The highest BCUT2D eigenvalue weighted by atomic mass is 31.2. The van der Waals surface area contributed by atoms with E-state index in [0.29, 0.717) is 25.7 Å². The number of phosphoric acid groups is 2. The Morgan fingerprint density at radius 1 is 0.325 bits per heavy atom. The molecule has 0 spiro atoms. The smallest absolute Gasteiger partial charge is 0.462 e. The van der Waals surface area contributed by atoms with Gasteiger partial charge in [-0.3, -0.25) is 37.3 Å². The van der Waals surface area contributed by atoms with Gasteiger partial charge in [-0.2, -0.15) is 0 Å². The Hall–Kier alpha value is -1.94. The van der Waals surface area contributed by atoms with E-state index in [-0.39, 0.29) is 25.7 Å². The molecule has 0 heterocycles. The molecule has 19 heteroatoms. The second-order valence-corrected chi connectivity index (χ2v) is 26.5. The molecule has 0 fully saturated rings. The van der Waals surface area contributed by atoms with Crippen molar-refractivity contribution < 1.29 is 80.2 Å². The van der Waals surface area contributed by atoms with Crippen LogP contribution in [0.1, 0.15) is 324 Å². The molecular formula is C64H124O17P2. The lowest BCUT2D eigenvalue weighted by atomic mass is 10.0. The first kappa shape index (κ1) is 81.1. The molecular weight excluding hydrogens is 1100 g/mol. The molecule has 3 N–H and O–H groups in total. The Bertz CT molecular complexity index is 1620. The number of carbonyl (C=O) groups excluding carboxylic acids is 4. The summed E-state index contributed by atoms with van der Waals surface area (Å²) >= 11 is 0. The Morgan fingerprint density at radius 3 is 0.819 bits per heavy atom. The van der Waals surface area contributed by atoms with Crippen molar-refractivity contribution in [1.29, 1.82) is 0 Å². The zero-order chi connectivity index (χ0) is 61.3. The van der Waals surface area contributed by atoms with E-state index in [1.165, 1.54) is 135 Å². The van der Waals surface area contributed by atoms with Crippen molar-refractivity contribution in [2.45, 2.75) is 342 Å². The number of hydrogen-bond donors (Lipinski definition) is 3. The standard InChI is InChI=1S/C64H124O17P2/c1-6-9-12-15-18-20-22-24-28-33-38-43-48-62(67)75-54-60(81-64(69)50-45-40-35-30-26-25-27-32-36-41-46-57(4)5)56-79-83(72,73)77-52-58(65)51-76-82(70,71)78-55-59(53-74-61(66)47-42-37-31-17-14-11-8-3)80-63(68)49-44-39-34-29-23-21-19-16-13-10-7-2/h57-60,65H,6-56H2,1-5H3,(H,70,71)(H,72,73)/t58-,59+,60+/m0/s1. The second-order valence-electron chi connectivity index (χ2n) is 23.6. The Labute approximate surface area is 505 Å². The third-order valence-electron chi connectivity index (χ3n) is 14.8. The van der Waals surface area contributed by atoms with Gasteiger partial charge in [0.15, 0.2) is 12.2 Å². The van der Waals surface area contributed by atoms with Crippen LogP contribution in [0.25, 0.3) is 0 Å². The molecule has 5 atom stereocenters. The number of esters is 4. The predicted molar refractivity (Wildman–Crippen MR) is 331 cm³/mol. The van der Waals surface area contributed by atoms with Gasteiger partial charge in [0, 0.05) is 25.7 Å². The number of hydrogen-bond acceptors (Lipinski definition) is 15. The maximum absolute atomic E-state index is 13.0. The maximum atomic E-state index is 13.0. The molecule has 0 aliphatic heterocycles. The van der Waals surface area contributed by atoms with Crippen LogP contribution < -0.4 is 0 Å². The largest absolute Gasteiger partial charge is 0.472 e. The molecule has 0 radical (unpaired) electrons. The van der Waals surface area contributed by atoms with Crippen LogP contribution >= 0.6 is 15.6 Å². The lowest BCUT2D eigenvalue weighted by Gasteiger charge is -2.21. The summed E-state index contributed by atoms with van der Waals surface area (Å²) in [5.41, 5.74) is 0. The van der Waals surface area contributed by atoms with Crippen molar-refractivity contribution in [2.75, 3.05) is 39.6 Å². The average Bonchev–Trinajstić information content (AvgIpc) is 3.46. The van der Waals surface area contributed by atoms with Gasteiger partial charge in [0.2, 0.25) is 0 Å². The van der Waals surface area contributed by atoms with E-state index >= 15 is 0 Å². The number of ether oxygens (including phenoxy) is 4. The summed E-state index contributed by atoms with van der Waals surface area (Å²) in [7, 11) is -9.88. The summed E-state index contributed by atoms with van der Waals surface area (Å²) < 4.78 is 67.9. The normalized spacial score (nSPS) is 14.2. The van der Waals surface area contributed by atoms with Crippen LogP contribution in [0.2, 0.25) is 0 Å². The van der Waals surface area contributed by atoms with Gasteiger partial charge in [-0.05, 0) is 31.6 Å². The zero-order valence-corrected chi connectivity index (χ0v) is 55.1. The summed E-state index contributed by atoms with van der Waals surface area (Å²) in [5, 5.41) is 10.5. The minimum atomic E-state index is -4.94. The van der Waals surface area contributed by atoms with Gasteiger partial charge in [-0.25, -0.2) is 9.13 Å². The first-order chi connectivity index (χ1) is 40.0. The van der Waals surface area contributed by atoms with Crippen molar-refractivity contribution in [3.05, 3.63) is 0 Å². The van der Waals surface area contributed by atoms with Gasteiger partial charge < -0.3 is 33.8 Å². The summed E-state index contributed by atoms with van der Waals surface area (Å²) in [6.07, 6.45) is 41.7. The van der Waals surface area contributed by atoms with Gasteiger partial charge in [0.1, 0.15) is 19.3 Å². The molecule has 0 aromatic heterocycles. The van der Waals surface area contributed by atoms with E-state index in [1.807, 2.05) is 0 Å². The molecule has 0 aliphatic rings. The number of phosphoric ester groups is 2. The van der Waals surface area contributed by atoms with E-state index in [4.69, 9.17) is 37.0 Å². The van der Waals surface area contributed by atoms with Gasteiger partial charge >= 0.3 is 39.5 Å². The monoisotopic (exact) mass is 1230 g/mol. The molecule has 0 aromatic carbocycles. The minimum Gasteiger partial charge on any atom is -0.462 e. The molecule has 0 rings (SSSR count). The Kier molecular flexibility index (Phi) is 56.4. The highest BCUT2D eigenvalue weighted by Crippen LogP contribution is 2.45. The van der Waals surface area contributed by atoms with E-state index in [1.54, 1.807) is 0 Å². The van der Waals surface area contributed by atoms with E-state index in [2.05, 4.69) is 34.6 Å². The third-order valence-corrected chi connectivity index (χ3v) is 16.7. The predicted octanol–water partition coefficient (Wildman–Crippen LogP) is 17.8. The maximum Gasteiger partial charge on any atom is 0.472 e. The number of aliphatic hydroxyl groups excluding tert-OH is 1. The molecule has 17 nitrogen and oxygen atoms in total. The van der Waals surface area contributed by atoms with Crippen LogP contribution in [0.15, 0.2) is 0 Å². The van der Waals surface area contributed by atoms with Crippen LogP contribution in [-0.4, -0.2) is 96.7 Å². The minimum absolute atomic E-state index is 0.106. The molecule has 83 heavy (non-hydrogen) atoms. The number of aliphatic hydroxyl groups is 1. The Balaban J connectivity index is 5.22. The van der Waals surface area contributed by atoms with E-state index < -0.39 is 97.5 Å². The highest BCUT2D eigenvalue weighted by Gasteiger charge is 2.30. The highest BCUT2D eigenvalue weighted by molar-refractivity contribution is 7.47. The van der Waals surface area contributed by atoms with Crippen molar-refractivity contribution in [2.24, 2.45) is 5.92 Å². The molecule has 0 bridgehead atoms. The molecule has 0 aromatic rings. The van der Waals surface area contributed by atoms with Crippen LogP contribution in [-0.2, 0) is 65.4 Å². The summed E-state index contributed by atoms with van der Waals surface area (Å²) in [6.45, 7) is 7.15. The second kappa shape index (κ2) is 57.8.